The molecule has 0 aromatic carbocycles. The van der Waals surface area contributed by atoms with Gasteiger partial charge >= 0.3 is 0 Å². The Balaban J connectivity index is 3.43. The first kappa shape index (κ1) is 39.2. The number of nitrogens with two attached hydrogens (primary N) is 1. The molecule has 0 aliphatic rings. The third-order valence-corrected chi connectivity index (χ3v) is 8.87. The van der Waals surface area contributed by atoms with Crippen molar-refractivity contribution in [3.63, 3.8) is 0 Å². The molecule has 40 heavy (non-hydrogen) atoms. The largest absolute Gasteiger partial charge is 0.369 e. The van der Waals surface area contributed by atoms with E-state index >= 15 is 0 Å². The monoisotopic (exact) mass is 562 g/mol. The zero-order valence-corrected chi connectivity index (χ0v) is 27.8. The van der Waals surface area contributed by atoms with Crippen molar-refractivity contribution >= 4 is 5.91 Å². The Morgan fingerprint density at radius 2 is 0.675 bits per heavy atom. The lowest BCUT2D eigenvalue weighted by Crippen LogP contribution is -2.23. The molecule has 0 bridgehead atoms. The number of primary amides is 1. The van der Waals surface area contributed by atoms with Crippen LogP contribution >= 0.6 is 0 Å². The summed E-state index contributed by atoms with van der Waals surface area (Å²) in [6.45, 7) is 4.58. The Bertz CT molecular complexity index is 514. The smallest absolute Gasteiger partial charge is 0.220 e. The van der Waals surface area contributed by atoms with E-state index in [4.69, 9.17) is 5.73 Å². The van der Waals surface area contributed by atoms with Crippen LogP contribution in [0, 0.1) is 5.92 Å². The van der Waals surface area contributed by atoms with Gasteiger partial charge in [0, 0.05) is 5.92 Å². The molecule has 0 spiro atoms. The van der Waals surface area contributed by atoms with Crippen molar-refractivity contribution in [3.05, 3.63) is 12.2 Å². The average molecular weight is 562 g/mol. The van der Waals surface area contributed by atoms with Gasteiger partial charge in [-0.15, -0.1) is 0 Å². The average Bonchev–Trinajstić information content (AvgIpc) is 2.95. The van der Waals surface area contributed by atoms with Crippen molar-refractivity contribution in [2.24, 2.45) is 11.7 Å². The highest BCUT2D eigenvalue weighted by atomic mass is 16.1. The highest BCUT2D eigenvalue weighted by Crippen LogP contribution is 2.20. The fraction of sp³-hybridized carbons (Fsp3) is 0.921. The molecule has 2 N–H and O–H groups in total. The summed E-state index contributed by atoms with van der Waals surface area (Å²) in [6.07, 6.45) is 47.8. The van der Waals surface area contributed by atoms with E-state index in [2.05, 4.69) is 26.0 Å². The zero-order valence-electron chi connectivity index (χ0n) is 27.8. The molecule has 0 saturated heterocycles. The molecule has 1 unspecified atom stereocenters. The van der Waals surface area contributed by atoms with Crippen molar-refractivity contribution in [1.29, 1.82) is 0 Å². The molecule has 0 rings (SSSR count). The summed E-state index contributed by atoms with van der Waals surface area (Å²) in [5.74, 6) is 0.0445. The lowest BCUT2D eigenvalue weighted by atomic mass is 9.93. The number of carbonyl (C=O) groups is 1. The minimum Gasteiger partial charge on any atom is -0.369 e. The molecule has 238 valence electrons. The van der Waals surface area contributed by atoms with E-state index in [0.29, 0.717) is 0 Å². The van der Waals surface area contributed by atoms with Crippen molar-refractivity contribution in [3.8, 4) is 0 Å². The van der Waals surface area contributed by atoms with Crippen LogP contribution in [0.15, 0.2) is 12.2 Å². The second-order valence-electron chi connectivity index (χ2n) is 12.9. The number of allylic oxidation sites excluding steroid dienone is 2. The van der Waals surface area contributed by atoms with Crippen LogP contribution in [0.1, 0.15) is 219 Å². The molecule has 2 heteroatoms. The van der Waals surface area contributed by atoms with E-state index in [-0.39, 0.29) is 11.8 Å². The van der Waals surface area contributed by atoms with Crippen LogP contribution in [0.5, 0.6) is 0 Å². The van der Waals surface area contributed by atoms with Crippen molar-refractivity contribution in [1.82, 2.24) is 0 Å². The second-order valence-corrected chi connectivity index (χ2v) is 12.9. The number of hydrogen-bond donors (Lipinski definition) is 1. The van der Waals surface area contributed by atoms with Crippen molar-refractivity contribution < 1.29 is 4.79 Å². The van der Waals surface area contributed by atoms with Gasteiger partial charge in [0.25, 0.3) is 0 Å². The summed E-state index contributed by atoms with van der Waals surface area (Å²) in [4.78, 5) is 11.9. The molecule has 0 heterocycles. The maximum Gasteiger partial charge on any atom is 0.220 e. The molecule has 1 amide bonds. The van der Waals surface area contributed by atoms with E-state index in [0.717, 1.165) is 19.3 Å². The topological polar surface area (TPSA) is 43.1 Å². The predicted molar refractivity (Wildman–Crippen MR) is 181 cm³/mol. The predicted octanol–water partition coefficient (Wildman–Crippen LogP) is 13.2. The molecule has 0 radical (unpaired) electrons. The Morgan fingerprint density at radius 1 is 0.425 bits per heavy atom. The fourth-order valence-corrected chi connectivity index (χ4v) is 6.01. The lowest BCUT2D eigenvalue weighted by Gasteiger charge is -2.13. The molecule has 0 aliphatic heterocycles. The maximum atomic E-state index is 11.9. The summed E-state index contributed by atoms with van der Waals surface area (Å²) < 4.78 is 0. The van der Waals surface area contributed by atoms with Crippen LogP contribution < -0.4 is 5.73 Å². The molecule has 1 atom stereocenters. The second kappa shape index (κ2) is 34.4. The minimum atomic E-state index is -0.0650. The summed E-state index contributed by atoms with van der Waals surface area (Å²) >= 11 is 0. The van der Waals surface area contributed by atoms with Gasteiger partial charge in [-0.25, -0.2) is 0 Å². The summed E-state index contributed by atoms with van der Waals surface area (Å²) in [5.41, 5.74) is 5.72. The van der Waals surface area contributed by atoms with Crippen LogP contribution in [0.2, 0.25) is 0 Å². The van der Waals surface area contributed by atoms with Crippen LogP contribution in [0.4, 0.5) is 0 Å². The number of rotatable bonds is 34. The Labute approximate surface area is 253 Å². The third kappa shape index (κ3) is 31.7. The molecular weight excluding hydrogens is 486 g/mol. The summed E-state index contributed by atoms with van der Waals surface area (Å²) in [6, 6.07) is 0. The number of amides is 1. The normalized spacial score (nSPS) is 12.4. The van der Waals surface area contributed by atoms with Gasteiger partial charge < -0.3 is 5.73 Å². The molecular formula is C38H75NO. The van der Waals surface area contributed by atoms with E-state index < -0.39 is 0 Å². The van der Waals surface area contributed by atoms with Gasteiger partial charge in [-0.3, -0.25) is 4.79 Å². The number of carbonyl (C=O) groups excluding carboxylic acids is 1. The van der Waals surface area contributed by atoms with Crippen LogP contribution in [0.25, 0.3) is 0 Å². The highest BCUT2D eigenvalue weighted by molar-refractivity contribution is 5.76. The molecule has 0 saturated carbocycles. The third-order valence-electron chi connectivity index (χ3n) is 8.87. The van der Waals surface area contributed by atoms with E-state index in [1.807, 2.05) is 0 Å². The van der Waals surface area contributed by atoms with Crippen LogP contribution in [-0.4, -0.2) is 5.91 Å². The van der Waals surface area contributed by atoms with Gasteiger partial charge in [0.05, 0.1) is 0 Å². The van der Waals surface area contributed by atoms with Gasteiger partial charge in [0.15, 0.2) is 0 Å². The molecule has 0 aliphatic carbocycles. The van der Waals surface area contributed by atoms with Crippen LogP contribution in [-0.2, 0) is 4.79 Å². The van der Waals surface area contributed by atoms with Gasteiger partial charge in [-0.2, -0.15) is 0 Å². The first-order valence-corrected chi connectivity index (χ1v) is 18.7. The van der Waals surface area contributed by atoms with Crippen LogP contribution in [0.3, 0.4) is 0 Å². The summed E-state index contributed by atoms with van der Waals surface area (Å²) in [7, 11) is 0. The van der Waals surface area contributed by atoms with Crippen molar-refractivity contribution in [2.45, 2.75) is 219 Å². The van der Waals surface area contributed by atoms with E-state index in [1.54, 1.807) is 0 Å². The SMILES string of the molecule is CCCCCCCCCC/C=C\CCCCCCC(CCCCCCCCCCCCCCCCCC)C(N)=O. The van der Waals surface area contributed by atoms with E-state index in [9.17, 15) is 4.79 Å². The Morgan fingerprint density at radius 3 is 0.950 bits per heavy atom. The summed E-state index contributed by atoms with van der Waals surface area (Å²) in [5, 5.41) is 0. The molecule has 0 aromatic heterocycles. The number of hydrogen-bond acceptors (Lipinski definition) is 1. The Hall–Kier alpha value is -0.790. The zero-order chi connectivity index (χ0) is 29.2. The highest BCUT2D eigenvalue weighted by Gasteiger charge is 2.14. The fourth-order valence-electron chi connectivity index (χ4n) is 6.01. The van der Waals surface area contributed by atoms with Gasteiger partial charge in [0.2, 0.25) is 5.91 Å². The standard InChI is InChI=1S/C38H75NO/c1-3-5-7-9-11-13-15-17-19-21-23-25-27-29-31-33-35-37(38(39)40)36-34-32-30-28-26-24-22-20-18-16-14-12-10-8-6-4-2/h21,23,37H,3-20,22,24-36H2,1-2H3,(H2,39,40)/b23-21-. The quantitative estimate of drug-likeness (QED) is 0.0616. The minimum absolute atomic E-state index is 0.0650. The molecule has 0 aromatic rings. The molecule has 2 nitrogen and oxygen atoms in total. The van der Waals surface area contributed by atoms with Gasteiger partial charge in [0.1, 0.15) is 0 Å². The lowest BCUT2D eigenvalue weighted by molar-refractivity contribution is -0.122. The van der Waals surface area contributed by atoms with E-state index in [1.165, 1.54) is 186 Å². The number of unbranched alkanes of at least 4 members (excludes halogenated alkanes) is 27. The van der Waals surface area contributed by atoms with Gasteiger partial charge in [-0.1, -0.05) is 193 Å². The van der Waals surface area contributed by atoms with Gasteiger partial charge in [-0.05, 0) is 38.5 Å². The first-order chi connectivity index (χ1) is 19.7. The molecule has 0 fully saturated rings. The first-order valence-electron chi connectivity index (χ1n) is 18.7. The maximum absolute atomic E-state index is 11.9. The van der Waals surface area contributed by atoms with Crippen molar-refractivity contribution in [2.75, 3.05) is 0 Å². The Kier molecular flexibility index (Phi) is 33.7.